The standard InChI is InChI=1S/C17H22N2OS/c1-4-6-19(11-15-5-7-21-12-15)17(20)18-16-9-13(2)8-14(3)10-16/h5,7-10,12H,4,6,11H2,1-3H3,(H,18,20). The predicted molar refractivity (Wildman–Crippen MR) is 90.0 cm³/mol. The van der Waals surface area contributed by atoms with Crippen molar-refractivity contribution in [2.75, 3.05) is 11.9 Å². The third kappa shape index (κ3) is 4.60. The highest BCUT2D eigenvalue weighted by atomic mass is 32.1. The van der Waals surface area contributed by atoms with E-state index >= 15 is 0 Å². The van der Waals surface area contributed by atoms with Crippen LogP contribution < -0.4 is 5.32 Å². The van der Waals surface area contributed by atoms with Gasteiger partial charge in [0.15, 0.2) is 0 Å². The molecule has 0 atom stereocenters. The van der Waals surface area contributed by atoms with Gasteiger partial charge in [0.2, 0.25) is 0 Å². The molecule has 0 fully saturated rings. The molecular formula is C17H22N2OS. The van der Waals surface area contributed by atoms with Crippen molar-refractivity contribution in [2.45, 2.75) is 33.7 Å². The number of hydrogen-bond acceptors (Lipinski definition) is 2. The lowest BCUT2D eigenvalue weighted by molar-refractivity contribution is 0.209. The van der Waals surface area contributed by atoms with Crippen molar-refractivity contribution in [3.8, 4) is 0 Å². The quantitative estimate of drug-likeness (QED) is 0.844. The highest BCUT2D eigenvalue weighted by Crippen LogP contribution is 2.16. The van der Waals surface area contributed by atoms with Crippen LogP contribution in [0.3, 0.4) is 0 Å². The molecule has 0 spiro atoms. The van der Waals surface area contributed by atoms with E-state index in [0.717, 1.165) is 29.8 Å². The van der Waals surface area contributed by atoms with Crippen LogP contribution in [-0.4, -0.2) is 17.5 Å². The molecule has 2 rings (SSSR count). The van der Waals surface area contributed by atoms with Crippen LogP contribution in [-0.2, 0) is 6.54 Å². The summed E-state index contributed by atoms with van der Waals surface area (Å²) in [6.45, 7) is 7.58. The Labute approximate surface area is 130 Å². The number of aryl methyl sites for hydroxylation is 2. The number of thiophene rings is 1. The largest absolute Gasteiger partial charge is 0.322 e. The second kappa shape index (κ2) is 7.27. The summed E-state index contributed by atoms with van der Waals surface area (Å²) in [7, 11) is 0. The fourth-order valence-corrected chi connectivity index (χ4v) is 3.03. The molecule has 0 aliphatic heterocycles. The first kappa shape index (κ1) is 15.6. The van der Waals surface area contributed by atoms with Crippen molar-refractivity contribution in [3.63, 3.8) is 0 Å². The van der Waals surface area contributed by atoms with E-state index < -0.39 is 0 Å². The highest BCUT2D eigenvalue weighted by Gasteiger charge is 2.13. The van der Waals surface area contributed by atoms with Gasteiger partial charge in [0.1, 0.15) is 0 Å². The molecule has 0 saturated heterocycles. The van der Waals surface area contributed by atoms with E-state index in [2.05, 4.69) is 29.8 Å². The van der Waals surface area contributed by atoms with E-state index in [1.165, 1.54) is 5.56 Å². The number of carbonyl (C=O) groups excluding carboxylic acids is 1. The van der Waals surface area contributed by atoms with Crippen LogP contribution in [0, 0.1) is 13.8 Å². The van der Waals surface area contributed by atoms with Crippen molar-refractivity contribution < 1.29 is 4.79 Å². The molecule has 112 valence electrons. The summed E-state index contributed by atoms with van der Waals surface area (Å²) < 4.78 is 0. The van der Waals surface area contributed by atoms with Crippen LogP contribution in [0.15, 0.2) is 35.0 Å². The van der Waals surface area contributed by atoms with Crippen LogP contribution in [0.25, 0.3) is 0 Å². The van der Waals surface area contributed by atoms with Crippen LogP contribution in [0.2, 0.25) is 0 Å². The molecule has 0 aliphatic rings. The second-order valence-electron chi connectivity index (χ2n) is 5.36. The lowest BCUT2D eigenvalue weighted by Gasteiger charge is -2.22. The molecule has 1 aromatic carbocycles. The van der Waals surface area contributed by atoms with Crippen molar-refractivity contribution in [2.24, 2.45) is 0 Å². The van der Waals surface area contributed by atoms with Gasteiger partial charge in [-0.25, -0.2) is 4.79 Å². The molecule has 1 N–H and O–H groups in total. The zero-order valence-electron chi connectivity index (χ0n) is 12.8. The smallest absolute Gasteiger partial charge is 0.320 e. The number of carbonyl (C=O) groups is 1. The Morgan fingerprint density at radius 1 is 1.24 bits per heavy atom. The van der Waals surface area contributed by atoms with Gasteiger partial charge in [0.05, 0.1) is 0 Å². The van der Waals surface area contributed by atoms with Crippen molar-refractivity contribution in [1.82, 2.24) is 4.90 Å². The van der Waals surface area contributed by atoms with Crippen LogP contribution in [0.5, 0.6) is 0 Å². The minimum Gasteiger partial charge on any atom is -0.320 e. The number of nitrogens with one attached hydrogen (secondary N) is 1. The average Bonchev–Trinajstić information content (AvgIpc) is 2.89. The number of rotatable bonds is 5. The van der Waals surface area contributed by atoms with E-state index in [1.807, 2.05) is 36.3 Å². The minimum absolute atomic E-state index is 0.0342. The molecule has 1 aromatic heterocycles. The first-order chi connectivity index (χ1) is 10.1. The first-order valence-corrected chi connectivity index (χ1v) is 8.18. The number of urea groups is 1. The molecule has 1 heterocycles. The lowest BCUT2D eigenvalue weighted by atomic mass is 10.1. The van der Waals surface area contributed by atoms with Gasteiger partial charge in [-0.2, -0.15) is 11.3 Å². The van der Waals surface area contributed by atoms with Crippen LogP contribution in [0.4, 0.5) is 10.5 Å². The molecule has 3 nitrogen and oxygen atoms in total. The molecule has 0 bridgehead atoms. The summed E-state index contributed by atoms with van der Waals surface area (Å²) in [6.07, 6.45) is 0.949. The van der Waals surface area contributed by atoms with Crippen molar-refractivity contribution >= 4 is 23.1 Å². The van der Waals surface area contributed by atoms with Gasteiger partial charge in [-0.3, -0.25) is 0 Å². The summed E-state index contributed by atoms with van der Waals surface area (Å²) in [6, 6.07) is 8.13. The zero-order valence-corrected chi connectivity index (χ0v) is 13.7. The first-order valence-electron chi connectivity index (χ1n) is 7.23. The normalized spacial score (nSPS) is 10.4. The van der Waals surface area contributed by atoms with Crippen LogP contribution >= 0.6 is 11.3 Å². The van der Waals surface area contributed by atoms with Crippen molar-refractivity contribution in [1.29, 1.82) is 0 Å². The summed E-state index contributed by atoms with van der Waals surface area (Å²) in [5.74, 6) is 0. The van der Waals surface area contributed by atoms with Gasteiger partial charge in [0.25, 0.3) is 0 Å². The molecule has 2 aromatic rings. The highest BCUT2D eigenvalue weighted by molar-refractivity contribution is 7.07. The lowest BCUT2D eigenvalue weighted by Crippen LogP contribution is -2.35. The summed E-state index contributed by atoms with van der Waals surface area (Å²) in [4.78, 5) is 14.3. The Balaban J connectivity index is 2.07. The molecule has 0 unspecified atom stereocenters. The Bertz CT molecular complexity index is 573. The molecular weight excluding hydrogens is 280 g/mol. The third-order valence-electron chi connectivity index (χ3n) is 3.21. The summed E-state index contributed by atoms with van der Waals surface area (Å²) in [5, 5.41) is 7.14. The monoisotopic (exact) mass is 302 g/mol. The summed E-state index contributed by atoms with van der Waals surface area (Å²) >= 11 is 1.66. The Morgan fingerprint density at radius 3 is 2.52 bits per heavy atom. The number of benzene rings is 1. The van der Waals surface area contributed by atoms with E-state index in [4.69, 9.17) is 0 Å². The Hall–Kier alpha value is -1.81. The number of amides is 2. The maximum absolute atomic E-state index is 12.5. The number of hydrogen-bond donors (Lipinski definition) is 1. The van der Waals surface area contributed by atoms with Crippen molar-refractivity contribution in [3.05, 3.63) is 51.7 Å². The molecule has 21 heavy (non-hydrogen) atoms. The average molecular weight is 302 g/mol. The van der Waals surface area contributed by atoms with Gasteiger partial charge < -0.3 is 10.2 Å². The second-order valence-corrected chi connectivity index (χ2v) is 6.14. The van der Waals surface area contributed by atoms with Gasteiger partial charge in [-0.1, -0.05) is 13.0 Å². The number of nitrogens with zero attached hydrogens (tertiary/aromatic N) is 1. The van der Waals surface area contributed by atoms with Gasteiger partial charge >= 0.3 is 6.03 Å². The molecule has 0 radical (unpaired) electrons. The fraction of sp³-hybridized carbons (Fsp3) is 0.353. The molecule has 0 aliphatic carbocycles. The maximum Gasteiger partial charge on any atom is 0.322 e. The van der Waals surface area contributed by atoms with E-state index in [0.29, 0.717) is 6.54 Å². The topological polar surface area (TPSA) is 32.3 Å². The molecule has 0 saturated carbocycles. The Kier molecular flexibility index (Phi) is 5.39. The van der Waals surface area contributed by atoms with Gasteiger partial charge in [-0.15, -0.1) is 0 Å². The molecule has 2 amide bonds. The predicted octanol–water partition coefficient (Wildman–Crippen LogP) is 4.81. The maximum atomic E-state index is 12.5. The third-order valence-corrected chi connectivity index (χ3v) is 3.94. The Morgan fingerprint density at radius 2 is 1.95 bits per heavy atom. The summed E-state index contributed by atoms with van der Waals surface area (Å²) in [5.41, 5.74) is 4.36. The minimum atomic E-state index is -0.0342. The van der Waals surface area contributed by atoms with E-state index in [1.54, 1.807) is 11.3 Å². The van der Waals surface area contributed by atoms with E-state index in [-0.39, 0.29) is 6.03 Å². The van der Waals surface area contributed by atoms with Gasteiger partial charge in [-0.05, 0) is 65.9 Å². The van der Waals surface area contributed by atoms with Crippen LogP contribution in [0.1, 0.15) is 30.0 Å². The van der Waals surface area contributed by atoms with E-state index in [9.17, 15) is 4.79 Å². The SMILES string of the molecule is CCCN(Cc1ccsc1)C(=O)Nc1cc(C)cc(C)c1. The van der Waals surface area contributed by atoms with Gasteiger partial charge in [0, 0.05) is 18.8 Å². The molecule has 4 heteroatoms. The zero-order chi connectivity index (χ0) is 15.2. The number of anilines is 1. The fourth-order valence-electron chi connectivity index (χ4n) is 2.37.